The van der Waals surface area contributed by atoms with Crippen LogP contribution >= 0.6 is 24.0 Å². The molecule has 2 rings (SSSR count). The zero-order chi connectivity index (χ0) is 16.5. The lowest BCUT2D eigenvalue weighted by Gasteiger charge is -2.35. The molecule has 0 amide bonds. The molecule has 0 aromatic heterocycles. The molecule has 1 aliphatic rings. The Morgan fingerprint density at radius 2 is 2.04 bits per heavy atom. The summed E-state index contributed by atoms with van der Waals surface area (Å²) in [6, 6.07) is 11.1. The molecule has 1 fully saturated rings. The Balaban J connectivity index is 0.00000288. The van der Waals surface area contributed by atoms with Crippen molar-refractivity contribution in [3.63, 3.8) is 0 Å². The van der Waals surface area contributed by atoms with E-state index in [0.717, 1.165) is 31.4 Å². The number of piperidine rings is 1. The van der Waals surface area contributed by atoms with Crippen molar-refractivity contribution in [3.8, 4) is 0 Å². The van der Waals surface area contributed by atoms with E-state index in [2.05, 4.69) is 64.7 Å². The zero-order valence-corrected chi connectivity index (χ0v) is 17.6. The minimum absolute atomic E-state index is 0. The number of benzene rings is 1. The molecule has 1 saturated heterocycles. The minimum atomic E-state index is 0. The van der Waals surface area contributed by atoms with Gasteiger partial charge < -0.3 is 10.6 Å². The average Bonchev–Trinajstić information content (AvgIpc) is 2.58. The van der Waals surface area contributed by atoms with Gasteiger partial charge in [-0.1, -0.05) is 37.3 Å². The maximum absolute atomic E-state index is 4.33. The summed E-state index contributed by atoms with van der Waals surface area (Å²) in [5.74, 6) is 1.73. The second-order valence-corrected chi connectivity index (χ2v) is 6.71. The highest BCUT2D eigenvalue weighted by atomic mass is 127. The molecule has 1 aliphatic heterocycles. The topological polar surface area (TPSA) is 39.7 Å². The molecule has 24 heavy (non-hydrogen) atoms. The number of nitrogens with zero attached hydrogens (tertiary/aromatic N) is 2. The molecule has 2 unspecified atom stereocenters. The molecule has 2 atom stereocenters. The third-order valence-electron chi connectivity index (χ3n) is 4.65. The molecular formula is C19H33IN4. The van der Waals surface area contributed by atoms with Crippen LogP contribution in [0.2, 0.25) is 0 Å². The van der Waals surface area contributed by atoms with Crippen LogP contribution in [0.4, 0.5) is 0 Å². The standard InChI is InChI=1S/C19H32N4.HI/c1-16-8-7-13-23(15-16)17(2)14-22-19(20-3)21-12-11-18-9-5-4-6-10-18;/h4-6,9-10,16-17H,7-8,11-15H2,1-3H3,(H2,20,21,22);1H. The van der Waals surface area contributed by atoms with Crippen molar-refractivity contribution in [2.75, 3.05) is 33.2 Å². The van der Waals surface area contributed by atoms with Gasteiger partial charge in [0.2, 0.25) is 0 Å². The summed E-state index contributed by atoms with van der Waals surface area (Å²) in [5.41, 5.74) is 1.35. The van der Waals surface area contributed by atoms with Crippen molar-refractivity contribution < 1.29 is 0 Å². The van der Waals surface area contributed by atoms with Crippen molar-refractivity contribution in [1.29, 1.82) is 0 Å². The van der Waals surface area contributed by atoms with Crippen LogP contribution in [0.1, 0.15) is 32.3 Å². The summed E-state index contributed by atoms with van der Waals surface area (Å²) in [7, 11) is 1.84. The number of hydrogen-bond acceptors (Lipinski definition) is 2. The predicted molar refractivity (Wildman–Crippen MR) is 114 cm³/mol. The summed E-state index contributed by atoms with van der Waals surface area (Å²) in [6.07, 6.45) is 3.72. The number of guanidine groups is 1. The zero-order valence-electron chi connectivity index (χ0n) is 15.3. The Kier molecular flexibility index (Phi) is 10.3. The van der Waals surface area contributed by atoms with Crippen LogP contribution in [0, 0.1) is 5.92 Å². The fourth-order valence-corrected chi connectivity index (χ4v) is 3.19. The van der Waals surface area contributed by atoms with Crippen molar-refractivity contribution in [2.45, 2.75) is 39.2 Å². The van der Waals surface area contributed by atoms with Crippen LogP contribution in [0.3, 0.4) is 0 Å². The van der Waals surface area contributed by atoms with Gasteiger partial charge in [0.1, 0.15) is 0 Å². The molecule has 0 aliphatic carbocycles. The first-order valence-electron chi connectivity index (χ1n) is 8.91. The van der Waals surface area contributed by atoms with Gasteiger partial charge in [0.25, 0.3) is 0 Å². The molecule has 0 spiro atoms. The first kappa shape index (κ1) is 21.2. The smallest absolute Gasteiger partial charge is 0.191 e. The van der Waals surface area contributed by atoms with Gasteiger partial charge in [-0.3, -0.25) is 9.89 Å². The summed E-state index contributed by atoms with van der Waals surface area (Å²) in [6.45, 7) is 8.96. The molecule has 4 nitrogen and oxygen atoms in total. The lowest BCUT2D eigenvalue weighted by molar-refractivity contribution is 0.139. The number of nitrogens with one attached hydrogen (secondary N) is 2. The number of hydrogen-bond donors (Lipinski definition) is 2. The molecule has 0 radical (unpaired) electrons. The number of aliphatic imine (C=N–C) groups is 1. The monoisotopic (exact) mass is 444 g/mol. The third kappa shape index (κ3) is 7.38. The first-order valence-corrected chi connectivity index (χ1v) is 8.91. The quantitative estimate of drug-likeness (QED) is 0.403. The average molecular weight is 444 g/mol. The van der Waals surface area contributed by atoms with E-state index >= 15 is 0 Å². The second kappa shape index (κ2) is 11.7. The van der Waals surface area contributed by atoms with E-state index < -0.39 is 0 Å². The van der Waals surface area contributed by atoms with E-state index in [9.17, 15) is 0 Å². The maximum Gasteiger partial charge on any atom is 0.191 e. The lowest BCUT2D eigenvalue weighted by Crippen LogP contribution is -2.48. The van der Waals surface area contributed by atoms with Crippen LogP contribution in [-0.2, 0) is 6.42 Å². The Morgan fingerprint density at radius 3 is 2.71 bits per heavy atom. The van der Waals surface area contributed by atoms with Gasteiger partial charge in [-0.15, -0.1) is 24.0 Å². The van der Waals surface area contributed by atoms with E-state index in [0.29, 0.717) is 6.04 Å². The number of halogens is 1. The molecule has 0 saturated carbocycles. The normalized spacial score (nSPS) is 20.1. The van der Waals surface area contributed by atoms with Crippen molar-refractivity contribution >= 4 is 29.9 Å². The molecular weight excluding hydrogens is 411 g/mol. The van der Waals surface area contributed by atoms with Crippen molar-refractivity contribution in [1.82, 2.24) is 15.5 Å². The third-order valence-corrected chi connectivity index (χ3v) is 4.65. The van der Waals surface area contributed by atoms with E-state index in [1.165, 1.54) is 31.5 Å². The van der Waals surface area contributed by atoms with Crippen molar-refractivity contribution in [2.24, 2.45) is 10.9 Å². The van der Waals surface area contributed by atoms with Crippen LogP contribution in [0.25, 0.3) is 0 Å². The Bertz CT molecular complexity index is 478. The molecule has 136 valence electrons. The van der Waals surface area contributed by atoms with Crippen LogP contribution < -0.4 is 10.6 Å². The van der Waals surface area contributed by atoms with Gasteiger partial charge in [0, 0.05) is 32.7 Å². The summed E-state index contributed by atoms with van der Waals surface area (Å²) >= 11 is 0. The van der Waals surface area contributed by atoms with Gasteiger partial charge in [0.05, 0.1) is 0 Å². The van der Waals surface area contributed by atoms with Gasteiger partial charge in [-0.05, 0) is 44.2 Å². The summed E-state index contributed by atoms with van der Waals surface area (Å²) in [5, 5.41) is 6.87. The van der Waals surface area contributed by atoms with Gasteiger partial charge in [0.15, 0.2) is 5.96 Å². The lowest BCUT2D eigenvalue weighted by atomic mass is 9.99. The largest absolute Gasteiger partial charge is 0.356 e. The van der Waals surface area contributed by atoms with E-state index in [-0.39, 0.29) is 24.0 Å². The molecule has 5 heteroatoms. The highest BCUT2D eigenvalue weighted by molar-refractivity contribution is 14.0. The second-order valence-electron chi connectivity index (χ2n) is 6.71. The van der Waals surface area contributed by atoms with E-state index in [4.69, 9.17) is 0 Å². The maximum atomic E-state index is 4.33. The SMILES string of the molecule is CN=C(NCCc1ccccc1)NCC(C)N1CCCC(C)C1.I. The number of rotatable bonds is 6. The fourth-order valence-electron chi connectivity index (χ4n) is 3.19. The molecule has 1 aromatic rings. The summed E-state index contributed by atoms with van der Waals surface area (Å²) < 4.78 is 0. The molecule has 2 N–H and O–H groups in total. The Morgan fingerprint density at radius 1 is 1.29 bits per heavy atom. The Labute approximate surface area is 164 Å². The summed E-state index contributed by atoms with van der Waals surface area (Å²) in [4.78, 5) is 6.92. The fraction of sp³-hybridized carbons (Fsp3) is 0.632. The van der Waals surface area contributed by atoms with Crippen LogP contribution in [-0.4, -0.2) is 50.1 Å². The van der Waals surface area contributed by atoms with Gasteiger partial charge in [-0.25, -0.2) is 0 Å². The van der Waals surface area contributed by atoms with Crippen LogP contribution in [0.5, 0.6) is 0 Å². The van der Waals surface area contributed by atoms with Crippen molar-refractivity contribution in [3.05, 3.63) is 35.9 Å². The molecule has 1 heterocycles. The highest BCUT2D eigenvalue weighted by Gasteiger charge is 2.20. The van der Waals surface area contributed by atoms with E-state index in [1.807, 2.05) is 7.05 Å². The Hall–Kier alpha value is -0.820. The van der Waals surface area contributed by atoms with Gasteiger partial charge in [-0.2, -0.15) is 0 Å². The van der Waals surface area contributed by atoms with Crippen LogP contribution in [0.15, 0.2) is 35.3 Å². The van der Waals surface area contributed by atoms with Gasteiger partial charge >= 0.3 is 0 Å². The molecule has 1 aromatic carbocycles. The number of likely N-dealkylation sites (tertiary alicyclic amines) is 1. The predicted octanol–water partition coefficient (Wildman–Crippen LogP) is 3.13. The van der Waals surface area contributed by atoms with E-state index in [1.54, 1.807) is 0 Å². The molecule has 0 bridgehead atoms. The minimum Gasteiger partial charge on any atom is -0.356 e. The highest BCUT2D eigenvalue weighted by Crippen LogP contribution is 2.17. The first-order chi connectivity index (χ1) is 11.2.